The maximum atomic E-state index is 13.1. The number of hydroxylamine groups is 2. The lowest BCUT2D eigenvalue weighted by Crippen LogP contribution is -2.72. The predicted molar refractivity (Wildman–Crippen MR) is 96.0 cm³/mol. The highest BCUT2D eigenvalue weighted by atomic mass is 16.8. The molecule has 1 aliphatic carbocycles. The van der Waals surface area contributed by atoms with Gasteiger partial charge < -0.3 is 23.7 Å². The smallest absolute Gasteiger partial charge is 0.435 e. The number of nitrogens with zero attached hydrogens (tertiary/aromatic N) is 1. The number of carbonyl (C=O) groups excluding carboxylic acids is 2. The van der Waals surface area contributed by atoms with E-state index in [1.807, 2.05) is 13.8 Å². The molecule has 3 heterocycles. The van der Waals surface area contributed by atoms with Crippen molar-refractivity contribution in [3.05, 3.63) is 11.6 Å². The van der Waals surface area contributed by atoms with Gasteiger partial charge in [-0.25, -0.2) is 4.79 Å². The van der Waals surface area contributed by atoms with E-state index in [4.69, 9.17) is 28.5 Å². The highest BCUT2D eigenvalue weighted by molar-refractivity contribution is 5.96. The minimum absolute atomic E-state index is 0.124. The van der Waals surface area contributed by atoms with E-state index in [2.05, 4.69) is 0 Å². The van der Waals surface area contributed by atoms with Crippen molar-refractivity contribution in [2.75, 3.05) is 27.4 Å². The van der Waals surface area contributed by atoms with Crippen LogP contribution in [0.2, 0.25) is 0 Å². The molecule has 2 fully saturated rings. The fourth-order valence-electron chi connectivity index (χ4n) is 3.45. The normalized spacial score (nSPS) is 29.6. The number of ketones is 1. The second kappa shape index (κ2) is 7.07. The summed E-state index contributed by atoms with van der Waals surface area (Å²) in [5, 5.41) is 0.987. The molecule has 4 aliphatic rings. The Labute approximate surface area is 164 Å². The van der Waals surface area contributed by atoms with Crippen molar-refractivity contribution >= 4 is 11.9 Å². The van der Waals surface area contributed by atoms with Crippen LogP contribution in [0.1, 0.15) is 34.6 Å². The SMILES string of the molecule is COC1(OC)C(=O)[C@H]2ON(C(=O)OC(C)(C)C)[C@@H]1C=C2C1OCC(C)(C)CO1. The third-order valence-corrected chi connectivity index (χ3v) is 4.80. The molecule has 4 rings (SSSR count). The lowest BCUT2D eigenvalue weighted by Gasteiger charge is -2.51. The molecule has 9 heteroatoms. The Bertz CT molecular complexity index is 666. The second-order valence-corrected chi connectivity index (χ2v) is 8.96. The molecule has 2 saturated heterocycles. The maximum absolute atomic E-state index is 13.1. The third-order valence-electron chi connectivity index (χ3n) is 4.80. The second-order valence-electron chi connectivity index (χ2n) is 8.96. The molecule has 28 heavy (non-hydrogen) atoms. The molecule has 0 spiro atoms. The largest absolute Gasteiger partial charge is 0.442 e. The van der Waals surface area contributed by atoms with Crippen LogP contribution in [0.3, 0.4) is 0 Å². The lowest BCUT2D eigenvalue weighted by molar-refractivity contribution is -0.316. The van der Waals surface area contributed by atoms with E-state index < -0.39 is 41.7 Å². The molecule has 2 bridgehead atoms. The highest BCUT2D eigenvalue weighted by Gasteiger charge is 2.64. The molecule has 0 N–H and O–H groups in total. The Morgan fingerprint density at radius 1 is 1.18 bits per heavy atom. The summed E-state index contributed by atoms with van der Waals surface area (Å²) in [4.78, 5) is 31.5. The molecule has 3 aliphatic heterocycles. The minimum Gasteiger partial charge on any atom is -0.442 e. The van der Waals surface area contributed by atoms with Crippen LogP contribution in [0.4, 0.5) is 4.79 Å². The Kier molecular flexibility index (Phi) is 5.35. The van der Waals surface area contributed by atoms with E-state index in [1.54, 1.807) is 26.8 Å². The summed E-state index contributed by atoms with van der Waals surface area (Å²) in [6.07, 6.45) is -0.953. The number of hydrogen-bond donors (Lipinski definition) is 0. The molecular formula is C19H29NO8. The fraction of sp³-hybridized carbons (Fsp3) is 0.789. The van der Waals surface area contributed by atoms with Crippen LogP contribution in [0, 0.1) is 5.41 Å². The Hall–Kier alpha value is -1.52. The van der Waals surface area contributed by atoms with Crippen molar-refractivity contribution in [1.29, 1.82) is 0 Å². The number of fused-ring (bicyclic) bond motifs is 2. The van der Waals surface area contributed by atoms with Crippen molar-refractivity contribution in [2.24, 2.45) is 5.41 Å². The van der Waals surface area contributed by atoms with Gasteiger partial charge >= 0.3 is 6.09 Å². The first-order valence-corrected chi connectivity index (χ1v) is 9.22. The number of ether oxygens (including phenoxy) is 5. The Balaban J connectivity index is 1.93. The van der Waals surface area contributed by atoms with E-state index in [1.165, 1.54) is 14.2 Å². The molecule has 158 valence electrons. The highest BCUT2D eigenvalue weighted by Crippen LogP contribution is 2.42. The van der Waals surface area contributed by atoms with Crippen molar-refractivity contribution in [3.8, 4) is 0 Å². The standard InChI is InChI=1S/C19H29NO8/c1-17(2,3)27-16(22)20-12-8-11(15-25-9-18(4,5)10-26-15)13(28-20)14(21)19(12,23-6)24-7/h8,12-13,15H,9-10H2,1-7H3/t12-,13+/m1/s1. The molecule has 0 aromatic rings. The van der Waals surface area contributed by atoms with Crippen LogP contribution >= 0.6 is 0 Å². The molecule has 0 aromatic heterocycles. The maximum Gasteiger partial charge on any atom is 0.435 e. The quantitative estimate of drug-likeness (QED) is 0.524. The molecule has 0 aromatic carbocycles. The van der Waals surface area contributed by atoms with E-state index in [9.17, 15) is 9.59 Å². The summed E-state index contributed by atoms with van der Waals surface area (Å²) >= 11 is 0. The zero-order valence-corrected chi connectivity index (χ0v) is 17.4. The van der Waals surface area contributed by atoms with E-state index in [0.717, 1.165) is 5.06 Å². The van der Waals surface area contributed by atoms with E-state index in [-0.39, 0.29) is 5.41 Å². The zero-order chi connectivity index (χ0) is 20.9. The van der Waals surface area contributed by atoms with E-state index >= 15 is 0 Å². The lowest BCUT2D eigenvalue weighted by atomic mass is 9.83. The number of amides is 1. The number of carbonyl (C=O) groups is 2. The van der Waals surface area contributed by atoms with Crippen molar-refractivity contribution in [2.45, 2.75) is 64.4 Å². The fourth-order valence-corrected chi connectivity index (χ4v) is 3.45. The minimum atomic E-state index is -1.70. The van der Waals surface area contributed by atoms with Crippen molar-refractivity contribution in [3.63, 3.8) is 0 Å². The van der Waals surface area contributed by atoms with Gasteiger partial charge in [-0.05, 0) is 26.8 Å². The first-order valence-electron chi connectivity index (χ1n) is 9.22. The van der Waals surface area contributed by atoms with Gasteiger partial charge in [0.15, 0.2) is 12.4 Å². The van der Waals surface area contributed by atoms with Gasteiger partial charge in [-0.2, -0.15) is 5.06 Å². The predicted octanol–water partition coefficient (Wildman–Crippen LogP) is 1.80. The summed E-state index contributed by atoms with van der Waals surface area (Å²) in [5.41, 5.74) is -0.367. The first kappa shape index (κ1) is 21.2. The van der Waals surface area contributed by atoms with Gasteiger partial charge in [-0.1, -0.05) is 13.8 Å². The van der Waals surface area contributed by atoms with Crippen LogP contribution in [0.25, 0.3) is 0 Å². The van der Waals surface area contributed by atoms with Crippen molar-refractivity contribution < 1.29 is 38.1 Å². The molecule has 0 radical (unpaired) electrons. The number of rotatable bonds is 3. The van der Waals surface area contributed by atoms with Crippen LogP contribution in [-0.4, -0.2) is 74.2 Å². The first-order chi connectivity index (χ1) is 12.9. The molecule has 0 unspecified atom stereocenters. The Morgan fingerprint density at radius 2 is 1.75 bits per heavy atom. The summed E-state index contributed by atoms with van der Waals surface area (Å²) in [6, 6.07) is -0.994. The van der Waals surface area contributed by atoms with Crippen LogP contribution in [0.15, 0.2) is 11.6 Å². The molecule has 9 nitrogen and oxygen atoms in total. The van der Waals surface area contributed by atoms with Gasteiger partial charge in [0.1, 0.15) is 11.6 Å². The van der Waals surface area contributed by atoms with Crippen LogP contribution in [0.5, 0.6) is 0 Å². The number of hydrogen-bond acceptors (Lipinski definition) is 8. The summed E-state index contributed by atoms with van der Waals surface area (Å²) in [5.74, 6) is -2.16. The summed E-state index contributed by atoms with van der Waals surface area (Å²) in [7, 11) is 2.69. The van der Waals surface area contributed by atoms with Gasteiger partial charge in [-0.3, -0.25) is 9.63 Å². The molecular weight excluding hydrogens is 370 g/mol. The number of methoxy groups -OCH3 is 2. The van der Waals surface area contributed by atoms with Crippen LogP contribution in [-0.2, 0) is 33.3 Å². The van der Waals surface area contributed by atoms with Gasteiger partial charge in [0.05, 0.1) is 13.2 Å². The van der Waals surface area contributed by atoms with E-state index in [0.29, 0.717) is 18.8 Å². The monoisotopic (exact) mass is 399 g/mol. The third kappa shape index (κ3) is 3.57. The summed E-state index contributed by atoms with van der Waals surface area (Å²) in [6.45, 7) is 10.2. The average molecular weight is 399 g/mol. The zero-order valence-electron chi connectivity index (χ0n) is 17.4. The Morgan fingerprint density at radius 3 is 2.25 bits per heavy atom. The molecule has 2 atom stereocenters. The molecule has 1 amide bonds. The average Bonchev–Trinajstić information content (AvgIpc) is 2.61. The van der Waals surface area contributed by atoms with Gasteiger partial charge in [0.2, 0.25) is 5.78 Å². The van der Waals surface area contributed by atoms with Gasteiger partial charge in [0.25, 0.3) is 5.79 Å². The van der Waals surface area contributed by atoms with Gasteiger partial charge in [-0.15, -0.1) is 0 Å². The summed E-state index contributed by atoms with van der Waals surface area (Å²) < 4.78 is 27.9. The van der Waals surface area contributed by atoms with Gasteiger partial charge in [0, 0.05) is 25.2 Å². The number of Topliss-reactive ketones (excluding diaryl/α,β-unsaturated/α-hetero) is 1. The van der Waals surface area contributed by atoms with Crippen molar-refractivity contribution in [1.82, 2.24) is 5.06 Å². The topological polar surface area (TPSA) is 92.8 Å². The van der Waals surface area contributed by atoms with Crippen LogP contribution < -0.4 is 0 Å². The molecule has 0 saturated carbocycles.